The van der Waals surface area contributed by atoms with Crippen LogP contribution in [0.3, 0.4) is 0 Å². The maximum Gasteiger partial charge on any atom is 0.0915 e. The lowest BCUT2D eigenvalue weighted by Crippen LogP contribution is -1.76. The molecule has 0 bridgehead atoms. The van der Waals surface area contributed by atoms with Gasteiger partial charge in [0.15, 0.2) is 0 Å². The van der Waals surface area contributed by atoms with E-state index in [-0.39, 0.29) is 0 Å². The van der Waals surface area contributed by atoms with Crippen molar-refractivity contribution in [3.63, 3.8) is 0 Å². The van der Waals surface area contributed by atoms with Crippen molar-refractivity contribution in [2.45, 2.75) is 19.3 Å². The molecule has 0 heterocycles. The molecule has 1 aliphatic rings. The van der Waals surface area contributed by atoms with Gasteiger partial charge >= 0.3 is 0 Å². The van der Waals surface area contributed by atoms with Gasteiger partial charge in [-0.2, -0.15) is 10.5 Å². The molecule has 1 saturated carbocycles. The molecule has 1 rings (SSSR count). The Hall–Kier alpha value is -1.54. The summed E-state index contributed by atoms with van der Waals surface area (Å²) in [6.07, 6.45) is 6.04. The summed E-state index contributed by atoms with van der Waals surface area (Å²) in [5.41, 5.74) is 2.07. The molecule has 1 fully saturated rings. The van der Waals surface area contributed by atoms with Crippen LogP contribution in [-0.2, 0) is 0 Å². The van der Waals surface area contributed by atoms with Crippen LogP contribution in [0.1, 0.15) is 19.3 Å². The first-order valence-electron chi connectivity index (χ1n) is 3.56. The second-order valence-corrected chi connectivity index (χ2v) is 2.45. The van der Waals surface area contributed by atoms with E-state index >= 15 is 0 Å². The topological polar surface area (TPSA) is 47.6 Å². The van der Waals surface area contributed by atoms with Gasteiger partial charge in [0.25, 0.3) is 0 Å². The second-order valence-electron chi connectivity index (χ2n) is 2.45. The normalized spacial score (nSPS) is 23.5. The molecule has 54 valence electrons. The van der Waals surface area contributed by atoms with E-state index in [1.54, 1.807) is 0 Å². The molecule has 2 heteroatoms. The van der Waals surface area contributed by atoms with Crippen LogP contribution >= 0.6 is 0 Å². The minimum atomic E-state index is 0.946. The predicted molar refractivity (Wildman–Crippen MR) is 41.2 cm³/mol. The molecule has 1 aliphatic carbocycles. The standard InChI is InChI=1S/C9H8N2/c10-6-4-8-2-1-3-9(8)5-7-11/h4-5H,1-3H2/b8-4-,9-5+. The Balaban J connectivity index is 2.86. The predicted octanol–water partition coefficient (Wildman–Crippen LogP) is 2.07. The molecule has 0 aliphatic heterocycles. The van der Waals surface area contributed by atoms with E-state index in [9.17, 15) is 0 Å². The van der Waals surface area contributed by atoms with Crippen molar-refractivity contribution < 1.29 is 0 Å². The van der Waals surface area contributed by atoms with E-state index in [2.05, 4.69) is 0 Å². The third kappa shape index (κ3) is 1.69. The molecular formula is C9H8N2. The fourth-order valence-corrected chi connectivity index (χ4v) is 1.28. The highest BCUT2D eigenvalue weighted by Crippen LogP contribution is 2.29. The lowest BCUT2D eigenvalue weighted by Gasteiger charge is -1.92. The Labute approximate surface area is 66.1 Å². The van der Waals surface area contributed by atoms with Crippen LogP contribution in [-0.4, -0.2) is 0 Å². The molecule has 0 unspecified atom stereocenters. The molecule has 11 heavy (non-hydrogen) atoms. The fourth-order valence-electron chi connectivity index (χ4n) is 1.28. The smallest absolute Gasteiger partial charge is 0.0915 e. The van der Waals surface area contributed by atoms with E-state index in [1.165, 1.54) is 12.2 Å². The summed E-state index contributed by atoms with van der Waals surface area (Å²) in [5.74, 6) is 0. The fraction of sp³-hybridized carbons (Fsp3) is 0.333. The van der Waals surface area contributed by atoms with Crippen LogP contribution < -0.4 is 0 Å². The van der Waals surface area contributed by atoms with Gasteiger partial charge in [0, 0.05) is 12.2 Å². The average Bonchev–Trinajstić information content (AvgIpc) is 2.39. The van der Waals surface area contributed by atoms with Crippen LogP contribution in [0.15, 0.2) is 23.3 Å². The minimum Gasteiger partial charge on any atom is -0.193 e. The van der Waals surface area contributed by atoms with Crippen LogP contribution in [0, 0.1) is 22.7 Å². The second kappa shape index (κ2) is 3.58. The van der Waals surface area contributed by atoms with E-state index in [0.717, 1.165) is 30.4 Å². The third-order valence-corrected chi connectivity index (χ3v) is 1.78. The van der Waals surface area contributed by atoms with Crippen molar-refractivity contribution in [2.24, 2.45) is 0 Å². The van der Waals surface area contributed by atoms with Gasteiger partial charge in [-0.05, 0) is 30.4 Å². The number of nitriles is 2. The average molecular weight is 144 g/mol. The van der Waals surface area contributed by atoms with E-state index in [4.69, 9.17) is 10.5 Å². The molecule has 0 atom stereocenters. The summed E-state index contributed by atoms with van der Waals surface area (Å²) < 4.78 is 0. The molecule has 0 aromatic heterocycles. The highest BCUT2D eigenvalue weighted by Gasteiger charge is 2.12. The van der Waals surface area contributed by atoms with E-state index < -0.39 is 0 Å². The highest BCUT2D eigenvalue weighted by molar-refractivity contribution is 5.40. The van der Waals surface area contributed by atoms with Gasteiger partial charge in [-0.25, -0.2) is 0 Å². The Bertz CT molecular complexity index is 254. The van der Waals surface area contributed by atoms with Crippen LogP contribution in [0.2, 0.25) is 0 Å². The molecule has 0 spiro atoms. The van der Waals surface area contributed by atoms with Gasteiger partial charge in [0.05, 0.1) is 12.1 Å². The number of nitrogens with zero attached hydrogens (tertiary/aromatic N) is 2. The van der Waals surface area contributed by atoms with Crippen molar-refractivity contribution in [2.75, 3.05) is 0 Å². The number of hydrogen-bond donors (Lipinski definition) is 0. The molecule has 2 nitrogen and oxygen atoms in total. The lowest BCUT2D eigenvalue weighted by molar-refractivity contribution is 0.932. The van der Waals surface area contributed by atoms with Crippen molar-refractivity contribution in [1.29, 1.82) is 10.5 Å². The number of allylic oxidation sites excluding steroid dienone is 4. The Morgan fingerprint density at radius 1 is 1.00 bits per heavy atom. The largest absolute Gasteiger partial charge is 0.193 e. The van der Waals surface area contributed by atoms with Crippen molar-refractivity contribution in [3.05, 3.63) is 23.3 Å². The van der Waals surface area contributed by atoms with Gasteiger partial charge in [0.2, 0.25) is 0 Å². The van der Waals surface area contributed by atoms with Crippen LogP contribution in [0.5, 0.6) is 0 Å². The number of rotatable bonds is 0. The zero-order valence-electron chi connectivity index (χ0n) is 6.17. The van der Waals surface area contributed by atoms with E-state index in [1.807, 2.05) is 12.1 Å². The Morgan fingerprint density at radius 2 is 1.45 bits per heavy atom. The van der Waals surface area contributed by atoms with Crippen molar-refractivity contribution in [1.82, 2.24) is 0 Å². The van der Waals surface area contributed by atoms with Gasteiger partial charge in [0.1, 0.15) is 0 Å². The molecule has 0 radical (unpaired) electrons. The lowest BCUT2D eigenvalue weighted by atomic mass is 10.1. The Kier molecular flexibility index (Phi) is 2.47. The SMILES string of the molecule is N#C/C=C1/CCC/C1=C\C#N. The first-order chi connectivity index (χ1) is 5.38. The van der Waals surface area contributed by atoms with Gasteiger partial charge < -0.3 is 0 Å². The first-order valence-corrected chi connectivity index (χ1v) is 3.56. The van der Waals surface area contributed by atoms with Gasteiger partial charge in [-0.3, -0.25) is 0 Å². The maximum atomic E-state index is 8.38. The highest BCUT2D eigenvalue weighted by atomic mass is 14.3. The molecule has 0 N–H and O–H groups in total. The summed E-state index contributed by atoms with van der Waals surface area (Å²) in [7, 11) is 0. The molecule has 0 amide bonds. The summed E-state index contributed by atoms with van der Waals surface area (Å²) in [6.45, 7) is 0. The van der Waals surface area contributed by atoms with Crippen LogP contribution in [0.25, 0.3) is 0 Å². The van der Waals surface area contributed by atoms with Crippen molar-refractivity contribution in [3.8, 4) is 12.1 Å². The zero-order valence-corrected chi connectivity index (χ0v) is 6.17. The zero-order chi connectivity index (χ0) is 8.10. The van der Waals surface area contributed by atoms with E-state index in [0.29, 0.717) is 0 Å². The summed E-state index contributed by atoms with van der Waals surface area (Å²) >= 11 is 0. The quantitative estimate of drug-likeness (QED) is 0.488. The summed E-state index contributed by atoms with van der Waals surface area (Å²) in [5, 5.41) is 16.8. The molecule has 0 saturated heterocycles. The van der Waals surface area contributed by atoms with Gasteiger partial charge in [-0.15, -0.1) is 0 Å². The monoisotopic (exact) mass is 144 g/mol. The maximum absolute atomic E-state index is 8.38. The summed E-state index contributed by atoms with van der Waals surface area (Å²) in [6, 6.07) is 3.97. The van der Waals surface area contributed by atoms with Crippen molar-refractivity contribution >= 4 is 0 Å². The summed E-state index contributed by atoms with van der Waals surface area (Å²) in [4.78, 5) is 0. The molecule has 0 aromatic rings. The Morgan fingerprint density at radius 3 is 1.82 bits per heavy atom. The minimum absolute atomic E-state index is 0.946. The van der Waals surface area contributed by atoms with Gasteiger partial charge in [-0.1, -0.05) is 0 Å². The number of hydrogen-bond acceptors (Lipinski definition) is 2. The van der Waals surface area contributed by atoms with Crippen LogP contribution in [0.4, 0.5) is 0 Å². The third-order valence-electron chi connectivity index (χ3n) is 1.78. The first kappa shape index (κ1) is 7.57. The molecule has 0 aromatic carbocycles. The molecular weight excluding hydrogens is 136 g/mol.